The molecule has 142 valence electrons. The molecule has 0 radical (unpaired) electrons. The fraction of sp³-hybridized carbons (Fsp3) is 0.778. The van der Waals surface area contributed by atoms with Gasteiger partial charge in [-0.3, -0.25) is 0 Å². The number of hydrogen-bond donors (Lipinski definition) is 2. The van der Waals surface area contributed by atoms with E-state index in [4.69, 9.17) is 20.6 Å². The number of nitrogens with one attached hydrogen (secondary N) is 2. The molecule has 0 heterocycles. The van der Waals surface area contributed by atoms with Crippen LogP contribution in [0.25, 0.3) is 0 Å². The summed E-state index contributed by atoms with van der Waals surface area (Å²) in [5.41, 5.74) is -1.16. The van der Waals surface area contributed by atoms with E-state index in [-0.39, 0.29) is 24.8 Å². The van der Waals surface area contributed by atoms with E-state index in [1.54, 1.807) is 41.5 Å². The molecular weight excluding hydrogens is 324 g/mol. The van der Waals surface area contributed by atoms with Crippen molar-refractivity contribution in [1.82, 2.24) is 10.6 Å². The fourth-order valence-electron chi connectivity index (χ4n) is 2.54. The van der Waals surface area contributed by atoms with E-state index in [1.165, 1.54) is 0 Å². The Bertz CT molecular complexity index is 513. The first kappa shape index (κ1) is 21.1. The molecule has 0 aromatic rings. The number of ether oxygens (including phenoxy) is 3. The second-order valence-corrected chi connectivity index (χ2v) is 8.12. The van der Waals surface area contributed by atoms with Gasteiger partial charge in [-0.2, -0.15) is 0 Å². The van der Waals surface area contributed by atoms with Gasteiger partial charge >= 0.3 is 12.2 Å². The molecule has 1 rings (SSSR count). The van der Waals surface area contributed by atoms with Crippen molar-refractivity contribution in [3.63, 3.8) is 0 Å². The largest absolute Gasteiger partial charge is 0.444 e. The van der Waals surface area contributed by atoms with Crippen LogP contribution in [0.4, 0.5) is 9.59 Å². The van der Waals surface area contributed by atoms with Crippen molar-refractivity contribution in [1.29, 1.82) is 0 Å². The minimum atomic E-state index is -0.591. The SMILES string of the molecule is C#CCOC1CC(NC(=O)OC(C)(C)C)CC1NC(=O)OC(C)(C)C. The third-order valence-electron chi connectivity index (χ3n) is 3.31. The van der Waals surface area contributed by atoms with E-state index in [2.05, 4.69) is 16.6 Å². The zero-order valence-electron chi connectivity index (χ0n) is 16.0. The molecule has 2 amide bonds. The number of rotatable bonds is 4. The number of terminal acetylenes is 1. The monoisotopic (exact) mass is 354 g/mol. The molecule has 1 aliphatic carbocycles. The van der Waals surface area contributed by atoms with Crippen molar-refractivity contribution in [2.24, 2.45) is 0 Å². The van der Waals surface area contributed by atoms with Crippen molar-refractivity contribution in [3.8, 4) is 12.3 Å². The topological polar surface area (TPSA) is 85.9 Å². The van der Waals surface area contributed by atoms with Gasteiger partial charge in [-0.15, -0.1) is 6.42 Å². The lowest BCUT2D eigenvalue weighted by Crippen LogP contribution is -2.44. The number of carbonyl (C=O) groups excluding carboxylic acids is 2. The number of amides is 2. The summed E-state index contributed by atoms with van der Waals surface area (Å²) >= 11 is 0. The van der Waals surface area contributed by atoms with Crippen LogP contribution in [0.3, 0.4) is 0 Å². The summed E-state index contributed by atoms with van der Waals surface area (Å²) in [4.78, 5) is 23.9. The standard InChI is InChI=1S/C18H30N2O5/c1-8-9-23-14-11-12(19-15(21)24-17(2,3)4)10-13(14)20-16(22)25-18(5,6)7/h1,12-14H,9-11H2,2-7H3,(H,19,21)(H,20,22). The summed E-state index contributed by atoms with van der Waals surface area (Å²) < 4.78 is 16.1. The predicted molar refractivity (Wildman–Crippen MR) is 94.1 cm³/mol. The van der Waals surface area contributed by atoms with Gasteiger partial charge < -0.3 is 24.8 Å². The Morgan fingerprint density at radius 1 is 1.00 bits per heavy atom. The van der Waals surface area contributed by atoms with E-state index in [1.807, 2.05) is 0 Å². The number of alkyl carbamates (subject to hydrolysis) is 2. The Kier molecular flexibility index (Phi) is 7.12. The first-order chi connectivity index (χ1) is 11.4. The zero-order chi connectivity index (χ0) is 19.3. The average Bonchev–Trinajstić information content (AvgIpc) is 2.73. The van der Waals surface area contributed by atoms with Crippen molar-refractivity contribution < 1.29 is 23.8 Å². The van der Waals surface area contributed by atoms with Crippen molar-refractivity contribution in [3.05, 3.63) is 0 Å². The van der Waals surface area contributed by atoms with Crippen LogP contribution in [0.5, 0.6) is 0 Å². The molecule has 0 aromatic heterocycles. The van der Waals surface area contributed by atoms with E-state index < -0.39 is 23.4 Å². The molecule has 3 atom stereocenters. The van der Waals surface area contributed by atoms with Gasteiger partial charge in [0.05, 0.1) is 12.1 Å². The van der Waals surface area contributed by atoms with Gasteiger partial charge in [0.25, 0.3) is 0 Å². The van der Waals surface area contributed by atoms with Crippen molar-refractivity contribution in [2.45, 2.75) is 83.8 Å². The molecule has 25 heavy (non-hydrogen) atoms. The van der Waals surface area contributed by atoms with Gasteiger partial charge in [0.2, 0.25) is 0 Å². The van der Waals surface area contributed by atoms with Gasteiger partial charge in [-0.05, 0) is 54.4 Å². The summed E-state index contributed by atoms with van der Waals surface area (Å²) in [6, 6.07) is -0.485. The molecule has 7 heteroatoms. The first-order valence-electron chi connectivity index (χ1n) is 8.44. The number of hydrogen-bond acceptors (Lipinski definition) is 5. The molecule has 0 aromatic carbocycles. The minimum absolute atomic E-state index is 0.135. The predicted octanol–water partition coefficient (Wildman–Crippen LogP) is 2.59. The third kappa shape index (κ3) is 8.64. The van der Waals surface area contributed by atoms with Crippen LogP contribution >= 0.6 is 0 Å². The van der Waals surface area contributed by atoms with Crippen LogP contribution in [0.2, 0.25) is 0 Å². The van der Waals surface area contributed by atoms with Crippen LogP contribution in [0.15, 0.2) is 0 Å². The lowest BCUT2D eigenvalue weighted by atomic mass is 10.2. The minimum Gasteiger partial charge on any atom is -0.444 e. The average molecular weight is 354 g/mol. The molecular formula is C18H30N2O5. The van der Waals surface area contributed by atoms with E-state index in [0.717, 1.165) is 0 Å². The normalized spacial score (nSPS) is 23.5. The maximum absolute atomic E-state index is 12.0. The zero-order valence-corrected chi connectivity index (χ0v) is 16.0. The van der Waals surface area contributed by atoms with Crippen LogP contribution < -0.4 is 10.6 Å². The first-order valence-corrected chi connectivity index (χ1v) is 8.44. The van der Waals surface area contributed by atoms with Crippen LogP contribution in [-0.2, 0) is 14.2 Å². The maximum Gasteiger partial charge on any atom is 0.407 e. The Hall–Kier alpha value is -1.94. The molecule has 0 bridgehead atoms. The van der Waals surface area contributed by atoms with Gasteiger partial charge in [0.1, 0.15) is 17.8 Å². The van der Waals surface area contributed by atoms with Crippen LogP contribution in [0, 0.1) is 12.3 Å². The second-order valence-electron chi connectivity index (χ2n) is 8.12. The van der Waals surface area contributed by atoms with Gasteiger partial charge in [0, 0.05) is 6.04 Å². The quantitative estimate of drug-likeness (QED) is 0.758. The maximum atomic E-state index is 12.0. The van der Waals surface area contributed by atoms with E-state index in [9.17, 15) is 9.59 Å². The lowest BCUT2D eigenvalue weighted by molar-refractivity contribution is 0.0329. The smallest absolute Gasteiger partial charge is 0.407 e. The molecule has 7 nitrogen and oxygen atoms in total. The highest BCUT2D eigenvalue weighted by Crippen LogP contribution is 2.24. The summed E-state index contributed by atoms with van der Waals surface area (Å²) in [7, 11) is 0. The Balaban J connectivity index is 2.64. The lowest BCUT2D eigenvalue weighted by Gasteiger charge is -2.24. The van der Waals surface area contributed by atoms with Crippen LogP contribution in [-0.4, -0.2) is 48.2 Å². The molecule has 0 aliphatic heterocycles. The highest BCUT2D eigenvalue weighted by Gasteiger charge is 2.38. The molecule has 1 saturated carbocycles. The van der Waals surface area contributed by atoms with Crippen LogP contribution in [0.1, 0.15) is 54.4 Å². The molecule has 3 unspecified atom stereocenters. The molecule has 2 N–H and O–H groups in total. The summed E-state index contributed by atoms with van der Waals surface area (Å²) in [6.45, 7) is 10.9. The van der Waals surface area contributed by atoms with Gasteiger partial charge in [0.15, 0.2) is 0 Å². The number of carbonyl (C=O) groups is 2. The molecule has 1 aliphatic rings. The highest BCUT2D eigenvalue weighted by atomic mass is 16.6. The highest BCUT2D eigenvalue weighted by molar-refractivity contribution is 5.69. The van der Waals surface area contributed by atoms with E-state index >= 15 is 0 Å². The molecule has 0 spiro atoms. The molecule has 0 saturated heterocycles. The molecule has 1 fully saturated rings. The van der Waals surface area contributed by atoms with Gasteiger partial charge in [-0.1, -0.05) is 5.92 Å². The van der Waals surface area contributed by atoms with E-state index in [0.29, 0.717) is 12.8 Å². The Morgan fingerprint density at radius 2 is 1.52 bits per heavy atom. The van der Waals surface area contributed by atoms with Crippen molar-refractivity contribution >= 4 is 12.2 Å². The summed E-state index contributed by atoms with van der Waals surface area (Å²) in [6.07, 6.45) is 4.96. The Labute approximate surface area is 150 Å². The fourth-order valence-corrected chi connectivity index (χ4v) is 2.54. The third-order valence-corrected chi connectivity index (χ3v) is 3.31. The van der Waals surface area contributed by atoms with Gasteiger partial charge in [-0.25, -0.2) is 9.59 Å². The second kappa shape index (κ2) is 8.43. The summed E-state index contributed by atoms with van der Waals surface area (Å²) in [5, 5.41) is 5.61. The van der Waals surface area contributed by atoms with Crippen molar-refractivity contribution in [2.75, 3.05) is 6.61 Å². The Morgan fingerprint density at radius 3 is 2.00 bits per heavy atom. The summed E-state index contributed by atoms with van der Waals surface area (Å²) in [5.74, 6) is 2.42.